The van der Waals surface area contributed by atoms with Gasteiger partial charge in [-0.15, -0.1) is 0 Å². The minimum absolute atomic E-state index is 0.0263. The normalized spacial score (nSPS) is 10.2. The van der Waals surface area contributed by atoms with Crippen LogP contribution in [0, 0.1) is 0 Å². The monoisotopic (exact) mass is 348 g/mol. The van der Waals surface area contributed by atoms with Gasteiger partial charge in [0.2, 0.25) is 0 Å². The number of hydrogen-bond donors (Lipinski definition) is 2. The average molecular weight is 349 g/mol. The van der Waals surface area contributed by atoms with E-state index in [1.165, 1.54) is 0 Å². The lowest BCUT2D eigenvalue weighted by molar-refractivity contribution is -0.123. The molecule has 0 aromatic heterocycles. The van der Waals surface area contributed by atoms with E-state index in [0.717, 1.165) is 15.6 Å². The molecule has 0 bridgehead atoms. The Kier molecular flexibility index (Phi) is 5.78. The summed E-state index contributed by atoms with van der Waals surface area (Å²) in [4.78, 5) is 11.8. The molecule has 0 saturated heterocycles. The summed E-state index contributed by atoms with van der Waals surface area (Å²) in [5.41, 5.74) is 7.57. The summed E-state index contributed by atoms with van der Waals surface area (Å²) in [5, 5.41) is 2.81. The lowest BCUT2D eigenvalue weighted by Gasteiger charge is -2.11. The number of ether oxygens (including phenoxy) is 1. The standard InChI is InChI=1S/C16H17BrN2O2/c17-14-6-7-15(13(8-14)9-18)21-11-16(20)19-10-12-4-2-1-3-5-12/h1-8H,9-11,18H2,(H,19,20). The highest BCUT2D eigenvalue weighted by Crippen LogP contribution is 2.22. The number of benzene rings is 2. The zero-order valence-electron chi connectivity index (χ0n) is 11.5. The fourth-order valence-electron chi connectivity index (χ4n) is 1.84. The van der Waals surface area contributed by atoms with Gasteiger partial charge in [0.15, 0.2) is 6.61 Å². The molecular formula is C16H17BrN2O2. The van der Waals surface area contributed by atoms with Gasteiger partial charge < -0.3 is 15.8 Å². The van der Waals surface area contributed by atoms with Gasteiger partial charge in [-0.3, -0.25) is 4.79 Å². The molecule has 0 heterocycles. The number of hydrogen-bond acceptors (Lipinski definition) is 3. The van der Waals surface area contributed by atoms with Crippen molar-refractivity contribution < 1.29 is 9.53 Å². The molecular weight excluding hydrogens is 332 g/mol. The van der Waals surface area contributed by atoms with Gasteiger partial charge in [0, 0.05) is 23.1 Å². The third-order valence-electron chi connectivity index (χ3n) is 2.93. The highest BCUT2D eigenvalue weighted by atomic mass is 79.9. The van der Waals surface area contributed by atoms with Crippen LogP contribution in [0.5, 0.6) is 5.75 Å². The Morgan fingerprint density at radius 2 is 1.95 bits per heavy atom. The van der Waals surface area contributed by atoms with Crippen LogP contribution in [-0.2, 0) is 17.9 Å². The molecule has 5 heteroatoms. The van der Waals surface area contributed by atoms with Crippen molar-refractivity contribution in [3.05, 3.63) is 64.1 Å². The van der Waals surface area contributed by atoms with Crippen molar-refractivity contribution in [3.63, 3.8) is 0 Å². The molecule has 110 valence electrons. The Balaban J connectivity index is 1.84. The Bertz CT molecular complexity index is 602. The highest BCUT2D eigenvalue weighted by Gasteiger charge is 2.06. The van der Waals surface area contributed by atoms with Crippen LogP contribution in [0.15, 0.2) is 53.0 Å². The van der Waals surface area contributed by atoms with Crippen LogP contribution < -0.4 is 15.8 Å². The number of halogens is 1. The van der Waals surface area contributed by atoms with Crippen LogP contribution in [0.2, 0.25) is 0 Å². The first-order chi connectivity index (χ1) is 10.2. The summed E-state index contributed by atoms with van der Waals surface area (Å²) in [6.07, 6.45) is 0. The molecule has 0 atom stereocenters. The lowest BCUT2D eigenvalue weighted by atomic mass is 10.2. The Morgan fingerprint density at radius 3 is 2.67 bits per heavy atom. The summed E-state index contributed by atoms with van der Waals surface area (Å²) in [7, 11) is 0. The van der Waals surface area contributed by atoms with Crippen molar-refractivity contribution in [2.24, 2.45) is 5.73 Å². The van der Waals surface area contributed by atoms with Gasteiger partial charge >= 0.3 is 0 Å². The van der Waals surface area contributed by atoms with Gasteiger partial charge in [-0.2, -0.15) is 0 Å². The molecule has 1 amide bonds. The molecule has 3 N–H and O–H groups in total. The van der Waals surface area contributed by atoms with E-state index in [9.17, 15) is 4.79 Å². The fourth-order valence-corrected chi connectivity index (χ4v) is 2.25. The number of carbonyl (C=O) groups excluding carboxylic acids is 1. The van der Waals surface area contributed by atoms with E-state index in [4.69, 9.17) is 10.5 Å². The maximum atomic E-state index is 11.8. The fraction of sp³-hybridized carbons (Fsp3) is 0.188. The molecule has 4 nitrogen and oxygen atoms in total. The molecule has 21 heavy (non-hydrogen) atoms. The molecule has 0 radical (unpaired) electrons. The van der Waals surface area contributed by atoms with Gasteiger partial charge in [0.25, 0.3) is 5.91 Å². The van der Waals surface area contributed by atoms with Crippen molar-refractivity contribution in [2.45, 2.75) is 13.1 Å². The van der Waals surface area contributed by atoms with E-state index in [2.05, 4.69) is 21.2 Å². The van der Waals surface area contributed by atoms with Crippen LogP contribution in [0.3, 0.4) is 0 Å². The zero-order valence-corrected chi connectivity index (χ0v) is 13.1. The van der Waals surface area contributed by atoms with E-state index in [-0.39, 0.29) is 12.5 Å². The van der Waals surface area contributed by atoms with Crippen molar-refractivity contribution >= 4 is 21.8 Å². The van der Waals surface area contributed by atoms with Gasteiger partial charge in [-0.25, -0.2) is 0 Å². The number of amides is 1. The first kappa shape index (κ1) is 15.5. The molecule has 0 unspecified atom stereocenters. The van der Waals surface area contributed by atoms with Gasteiger partial charge in [-0.1, -0.05) is 46.3 Å². The van der Waals surface area contributed by atoms with Crippen molar-refractivity contribution in [1.82, 2.24) is 5.32 Å². The van der Waals surface area contributed by atoms with Gasteiger partial charge in [0.1, 0.15) is 5.75 Å². The molecule has 0 fully saturated rings. The number of nitrogens with two attached hydrogens (primary N) is 1. The molecule has 0 aliphatic carbocycles. The smallest absolute Gasteiger partial charge is 0.258 e. The minimum Gasteiger partial charge on any atom is -0.483 e. The highest BCUT2D eigenvalue weighted by molar-refractivity contribution is 9.10. The van der Waals surface area contributed by atoms with Crippen molar-refractivity contribution in [3.8, 4) is 5.75 Å². The third-order valence-corrected chi connectivity index (χ3v) is 3.43. The Morgan fingerprint density at radius 1 is 1.19 bits per heavy atom. The second-order valence-electron chi connectivity index (χ2n) is 4.51. The quantitative estimate of drug-likeness (QED) is 0.843. The van der Waals surface area contributed by atoms with Crippen LogP contribution in [-0.4, -0.2) is 12.5 Å². The van der Waals surface area contributed by atoms with Crippen molar-refractivity contribution in [2.75, 3.05) is 6.61 Å². The van der Waals surface area contributed by atoms with E-state index >= 15 is 0 Å². The minimum atomic E-state index is -0.162. The average Bonchev–Trinajstić information content (AvgIpc) is 2.52. The Labute approximate surface area is 132 Å². The maximum absolute atomic E-state index is 11.8. The van der Waals surface area contributed by atoms with E-state index in [1.807, 2.05) is 42.5 Å². The van der Waals surface area contributed by atoms with E-state index < -0.39 is 0 Å². The van der Waals surface area contributed by atoms with Crippen LogP contribution >= 0.6 is 15.9 Å². The summed E-state index contributed by atoms with van der Waals surface area (Å²) in [6.45, 7) is 0.828. The largest absolute Gasteiger partial charge is 0.483 e. The predicted octanol–water partition coefficient (Wildman–Crippen LogP) is 2.60. The van der Waals surface area contributed by atoms with Gasteiger partial charge in [0.05, 0.1) is 0 Å². The van der Waals surface area contributed by atoms with E-state index in [1.54, 1.807) is 6.07 Å². The van der Waals surface area contributed by atoms with Crippen LogP contribution in [0.1, 0.15) is 11.1 Å². The van der Waals surface area contributed by atoms with E-state index in [0.29, 0.717) is 18.8 Å². The molecule has 0 saturated carbocycles. The zero-order chi connectivity index (χ0) is 15.1. The molecule has 2 aromatic rings. The number of carbonyl (C=O) groups is 1. The summed E-state index contributed by atoms with van der Waals surface area (Å²) >= 11 is 3.38. The SMILES string of the molecule is NCc1cc(Br)ccc1OCC(=O)NCc1ccccc1. The summed E-state index contributed by atoms with van der Waals surface area (Å²) < 4.78 is 6.45. The van der Waals surface area contributed by atoms with Gasteiger partial charge in [-0.05, 0) is 23.8 Å². The third kappa shape index (κ3) is 4.88. The number of nitrogens with one attached hydrogen (secondary N) is 1. The maximum Gasteiger partial charge on any atom is 0.258 e. The molecule has 2 aromatic carbocycles. The summed E-state index contributed by atoms with van der Waals surface area (Å²) in [5.74, 6) is 0.473. The summed E-state index contributed by atoms with van der Waals surface area (Å²) in [6, 6.07) is 15.3. The first-order valence-corrected chi connectivity index (χ1v) is 7.40. The van der Waals surface area contributed by atoms with Crippen LogP contribution in [0.4, 0.5) is 0 Å². The molecule has 0 spiro atoms. The molecule has 0 aliphatic rings. The second-order valence-corrected chi connectivity index (χ2v) is 5.42. The second kappa shape index (κ2) is 7.81. The molecule has 2 rings (SSSR count). The Hall–Kier alpha value is -1.85. The van der Waals surface area contributed by atoms with Crippen LogP contribution in [0.25, 0.3) is 0 Å². The number of rotatable bonds is 6. The topological polar surface area (TPSA) is 64.3 Å². The van der Waals surface area contributed by atoms with Crippen molar-refractivity contribution in [1.29, 1.82) is 0 Å². The lowest BCUT2D eigenvalue weighted by Crippen LogP contribution is -2.28. The predicted molar refractivity (Wildman–Crippen MR) is 85.8 cm³/mol. The first-order valence-electron chi connectivity index (χ1n) is 6.61. The molecule has 0 aliphatic heterocycles.